The quantitative estimate of drug-likeness (QED) is 0.656. The van der Waals surface area contributed by atoms with E-state index in [-0.39, 0.29) is 5.91 Å². The fraction of sp³-hybridized carbons (Fsp3) is 0.533. The number of carbonyl (C=O) groups excluding carboxylic acids is 1. The van der Waals surface area contributed by atoms with Crippen LogP contribution in [0.2, 0.25) is 0 Å². The number of primary amides is 1. The first-order chi connectivity index (χ1) is 8.74. The van der Waals surface area contributed by atoms with Crippen LogP contribution in [0.5, 0.6) is 0 Å². The van der Waals surface area contributed by atoms with E-state index in [1.807, 2.05) is 12.1 Å². The molecular formula is C15H24N2O. The average molecular weight is 248 g/mol. The molecule has 0 unspecified atom stereocenters. The lowest BCUT2D eigenvalue weighted by Crippen LogP contribution is -2.10. The van der Waals surface area contributed by atoms with Gasteiger partial charge >= 0.3 is 0 Å². The van der Waals surface area contributed by atoms with Crippen molar-refractivity contribution in [1.29, 1.82) is 0 Å². The van der Waals surface area contributed by atoms with Crippen molar-refractivity contribution >= 4 is 11.6 Å². The predicted molar refractivity (Wildman–Crippen MR) is 76.8 cm³/mol. The van der Waals surface area contributed by atoms with Crippen molar-refractivity contribution in [2.45, 2.75) is 45.4 Å². The molecule has 0 aromatic heterocycles. The molecule has 0 aliphatic heterocycles. The van der Waals surface area contributed by atoms with Gasteiger partial charge in [-0.25, -0.2) is 0 Å². The highest BCUT2D eigenvalue weighted by Gasteiger charge is 1.98. The molecule has 18 heavy (non-hydrogen) atoms. The van der Waals surface area contributed by atoms with E-state index in [4.69, 9.17) is 5.73 Å². The molecule has 0 atom stereocenters. The number of unbranched alkanes of at least 4 members (excludes halogenated alkanes) is 5. The van der Waals surface area contributed by atoms with E-state index in [1.54, 1.807) is 12.1 Å². The van der Waals surface area contributed by atoms with Gasteiger partial charge in [-0.3, -0.25) is 4.79 Å². The fourth-order valence-electron chi connectivity index (χ4n) is 1.89. The van der Waals surface area contributed by atoms with Crippen molar-refractivity contribution in [3.05, 3.63) is 29.8 Å². The van der Waals surface area contributed by atoms with Crippen LogP contribution in [0.4, 0.5) is 5.69 Å². The maximum Gasteiger partial charge on any atom is 0.248 e. The number of amides is 1. The molecular weight excluding hydrogens is 224 g/mol. The molecule has 0 fully saturated rings. The number of nitrogens with two attached hydrogens (primary N) is 1. The summed E-state index contributed by atoms with van der Waals surface area (Å²) in [6, 6.07) is 7.31. The van der Waals surface area contributed by atoms with Crippen molar-refractivity contribution < 1.29 is 4.79 Å². The van der Waals surface area contributed by atoms with Crippen molar-refractivity contribution in [1.82, 2.24) is 0 Å². The summed E-state index contributed by atoms with van der Waals surface area (Å²) in [4.78, 5) is 10.9. The van der Waals surface area contributed by atoms with E-state index in [2.05, 4.69) is 12.2 Å². The maximum absolute atomic E-state index is 10.9. The van der Waals surface area contributed by atoms with Crippen LogP contribution in [0.25, 0.3) is 0 Å². The van der Waals surface area contributed by atoms with Crippen LogP contribution in [0.15, 0.2) is 24.3 Å². The Balaban J connectivity index is 2.14. The Morgan fingerprint density at radius 3 is 2.28 bits per heavy atom. The summed E-state index contributed by atoms with van der Waals surface area (Å²) in [5.74, 6) is -0.377. The van der Waals surface area contributed by atoms with Gasteiger partial charge in [0.05, 0.1) is 0 Å². The largest absolute Gasteiger partial charge is 0.385 e. The first kappa shape index (κ1) is 14.6. The highest BCUT2D eigenvalue weighted by molar-refractivity contribution is 5.93. The predicted octanol–water partition coefficient (Wildman–Crippen LogP) is 3.56. The lowest BCUT2D eigenvalue weighted by atomic mass is 10.1. The molecule has 0 spiro atoms. The van der Waals surface area contributed by atoms with Gasteiger partial charge < -0.3 is 11.1 Å². The van der Waals surface area contributed by atoms with Gasteiger partial charge in [0.2, 0.25) is 5.91 Å². The van der Waals surface area contributed by atoms with E-state index in [1.165, 1.54) is 38.5 Å². The second-order valence-corrected chi connectivity index (χ2v) is 4.64. The van der Waals surface area contributed by atoms with Crippen molar-refractivity contribution in [2.75, 3.05) is 11.9 Å². The molecule has 0 bridgehead atoms. The molecule has 0 aliphatic rings. The van der Waals surface area contributed by atoms with E-state index in [0.29, 0.717) is 5.56 Å². The van der Waals surface area contributed by atoms with E-state index < -0.39 is 0 Å². The summed E-state index contributed by atoms with van der Waals surface area (Å²) in [7, 11) is 0. The van der Waals surface area contributed by atoms with Crippen molar-refractivity contribution in [3.63, 3.8) is 0 Å². The van der Waals surface area contributed by atoms with Crippen molar-refractivity contribution in [3.8, 4) is 0 Å². The van der Waals surface area contributed by atoms with E-state index in [9.17, 15) is 4.79 Å². The van der Waals surface area contributed by atoms with Crippen LogP contribution in [-0.4, -0.2) is 12.5 Å². The minimum absolute atomic E-state index is 0.377. The Morgan fingerprint density at radius 1 is 1.06 bits per heavy atom. The third-order valence-electron chi connectivity index (χ3n) is 3.03. The molecule has 1 aromatic rings. The minimum Gasteiger partial charge on any atom is -0.385 e. The second kappa shape index (κ2) is 8.56. The highest BCUT2D eigenvalue weighted by Crippen LogP contribution is 2.10. The minimum atomic E-state index is -0.377. The highest BCUT2D eigenvalue weighted by atomic mass is 16.1. The van der Waals surface area contributed by atoms with Gasteiger partial charge in [-0.05, 0) is 30.7 Å². The third-order valence-corrected chi connectivity index (χ3v) is 3.03. The number of hydrogen-bond acceptors (Lipinski definition) is 2. The van der Waals surface area contributed by atoms with Gasteiger partial charge in [-0.2, -0.15) is 0 Å². The Bertz CT molecular complexity index is 346. The Hall–Kier alpha value is -1.51. The summed E-state index contributed by atoms with van der Waals surface area (Å²) in [6.07, 6.45) is 7.81. The van der Waals surface area contributed by atoms with Crippen molar-refractivity contribution in [2.24, 2.45) is 5.73 Å². The zero-order chi connectivity index (χ0) is 13.2. The van der Waals surface area contributed by atoms with Gasteiger partial charge in [-0.1, -0.05) is 39.0 Å². The summed E-state index contributed by atoms with van der Waals surface area (Å²) >= 11 is 0. The molecule has 1 rings (SSSR count). The summed E-state index contributed by atoms with van der Waals surface area (Å²) in [5.41, 5.74) is 6.79. The van der Waals surface area contributed by atoms with Crippen LogP contribution in [0.1, 0.15) is 55.8 Å². The molecule has 100 valence electrons. The monoisotopic (exact) mass is 248 g/mol. The molecule has 1 amide bonds. The van der Waals surface area contributed by atoms with E-state index in [0.717, 1.165) is 12.2 Å². The van der Waals surface area contributed by atoms with Crippen LogP contribution in [0, 0.1) is 0 Å². The number of hydrogen-bond donors (Lipinski definition) is 2. The number of rotatable bonds is 9. The third kappa shape index (κ3) is 5.71. The molecule has 3 heteroatoms. The summed E-state index contributed by atoms with van der Waals surface area (Å²) in [5, 5.41) is 3.35. The molecule has 0 heterocycles. The molecule has 0 saturated carbocycles. The van der Waals surface area contributed by atoms with Gasteiger partial charge in [0, 0.05) is 17.8 Å². The zero-order valence-corrected chi connectivity index (χ0v) is 11.2. The van der Waals surface area contributed by atoms with E-state index >= 15 is 0 Å². The lowest BCUT2D eigenvalue weighted by molar-refractivity contribution is 0.100. The fourth-order valence-corrected chi connectivity index (χ4v) is 1.89. The van der Waals surface area contributed by atoms with Gasteiger partial charge in [0.1, 0.15) is 0 Å². The Kier molecular flexibility index (Phi) is 6.92. The number of carbonyl (C=O) groups is 1. The zero-order valence-electron chi connectivity index (χ0n) is 11.2. The molecule has 0 radical (unpaired) electrons. The number of nitrogens with one attached hydrogen (secondary N) is 1. The first-order valence-electron chi connectivity index (χ1n) is 6.87. The topological polar surface area (TPSA) is 55.1 Å². The van der Waals surface area contributed by atoms with Crippen LogP contribution < -0.4 is 11.1 Å². The molecule has 0 saturated heterocycles. The summed E-state index contributed by atoms with van der Waals surface area (Å²) < 4.78 is 0. The maximum atomic E-state index is 10.9. The second-order valence-electron chi connectivity index (χ2n) is 4.64. The van der Waals surface area contributed by atoms with Crippen LogP contribution in [0.3, 0.4) is 0 Å². The smallest absolute Gasteiger partial charge is 0.248 e. The molecule has 3 N–H and O–H groups in total. The first-order valence-corrected chi connectivity index (χ1v) is 6.87. The Morgan fingerprint density at radius 2 is 1.67 bits per heavy atom. The van der Waals surface area contributed by atoms with Crippen LogP contribution in [-0.2, 0) is 0 Å². The van der Waals surface area contributed by atoms with Gasteiger partial charge in [0.15, 0.2) is 0 Å². The molecule has 1 aromatic carbocycles. The average Bonchev–Trinajstić information content (AvgIpc) is 2.38. The Labute approximate surface area is 110 Å². The lowest BCUT2D eigenvalue weighted by Gasteiger charge is -2.06. The molecule has 0 aliphatic carbocycles. The standard InChI is InChI=1S/C15H24N2O/c1-2-3-4-5-6-7-12-17-14-10-8-13(9-11-14)15(16)18/h8-11,17H,2-7,12H2,1H3,(H2,16,18). The normalized spacial score (nSPS) is 10.3. The van der Waals surface area contributed by atoms with Gasteiger partial charge in [0.25, 0.3) is 0 Å². The van der Waals surface area contributed by atoms with Gasteiger partial charge in [-0.15, -0.1) is 0 Å². The SMILES string of the molecule is CCCCCCCCNc1ccc(C(N)=O)cc1. The number of benzene rings is 1. The number of anilines is 1. The molecule has 3 nitrogen and oxygen atoms in total. The summed E-state index contributed by atoms with van der Waals surface area (Å²) in [6.45, 7) is 3.22. The van der Waals surface area contributed by atoms with Crippen LogP contribution >= 0.6 is 0 Å².